The molecule has 0 radical (unpaired) electrons. The Bertz CT molecular complexity index is 252. The molecule has 1 heterocycles. The first kappa shape index (κ1) is 9.93. The Morgan fingerprint density at radius 2 is 1.71 bits per heavy atom. The van der Waals surface area contributed by atoms with Crippen LogP contribution in [0, 0.1) is 5.41 Å². The lowest BCUT2D eigenvalue weighted by Gasteiger charge is -2.40. The summed E-state index contributed by atoms with van der Waals surface area (Å²) in [5.74, 6) is -0.815. The molecule has 0 aromatic carbocycles. The molecule has 2 rings (SSSR count). The van der Waals surface area contributed by atoms with Gasteiger partial charge < -0.3 is 15.1 Å². The van der Waals surface area contributed by atoms with Gasteiger partial charge in [-0.15, -0.1) is 0 Å². The molecule has 1 saturated heterocycles. The highest BCUT2D eigenvalue weighted by Gasteiger charge is 2.64. The van der Waals surface area contributed by atoms with Crippen LogP contribution in [0.1, 0.15) is 25.7 Å². The van der Waals surface area contributed by atoms with Crippen LogP contribution in [0.5, 0.6) is 0 Å². The second-order valence-electron chi connectivity index (χ2n) is 4.72. The van der Waals surface area contributed by atoms with Crippen LogP contribution in [0.25, 0.3) is 0 Å². The van der Waals surface area contributed by atoms with Gasteiger partial charge in [-0.05, 0) is 32.7 Å². The summed E-state index contributed by atoms with van der Waals surface area (Å²) in [6.45, 7) is 1.59. The number of aliphatic carboxylic acids is 1. The molecular weight excluding hydrogens is 182 g/mol. The Kier molecular flexibility index (Phi) is 2.08. The molecule has 0 bridgehead atoms. The Morgan fingerprint density at radius 3 is 2.07 bits per heavy atom. The van der Waals surface area contributed by atoms with E-state index in [1.54, 1.807) is 0 Å². The molecule has 4 heteroatoms. The lowest BCUT2D eigenvalue weighted by Crippen LogP contribution is -2.51. The minimum atomic E-state index is -0.953. The van der Waals surface area contributed by atoms with Gasteiger partial charge in [-0.2, -0.15) is 0 Å². The zero-order valence-electron chi connectivity index (χ0n) is 8.49. The number of carboxylic acid groups (broad SMARTS) is 1. The van der Waals surface area contributed by atoms with Gasteiger partial charge in [0.2, 0.25) is 0 Å². The van der Waals surface area contributed by atoms with E-state index in [0.29, 0.717) is 25.7 Å². The molecule has 0 unspecified atom stereocenters. The van der Waals surface area contributed by atoms with Gasteiger partial charge in [0.1, 0.15) is 0 Å². The van der Waals surface area contributed by atoms with E-state index in [0.717, 1.165) is 13.1 Å². The summed E-state index contributed by atoms with van der Waals surface area (Å²) in [6.07, 6.45) is 2.47. The van der Waals surface area contributed by atoms with Crippen LogP contribution < -0.4 is 0 Å². The second-order valence-corrected chi connectivity index (χ2v) is 4.72. The fraction of sp³-hybridized carbons (Fsp3) is 0.900. The van der Waals surface area contributed by atoms with Crippen molar-refractivity contribution >= 4 is 5.97 Å². The van der Waals surface area contributed by atoms with Crippen LogP contribution in [0.3, 0.4) is 0 Å². The van der Waals surface area contributed by atoms with Crippen LogP contribution in [0.15, 0.2) is 0 Å². The fourth-order valence-electron chi connectivity index (χ4n) is 2.47. The molecule has 0 aromatic rings. The number of carbonyl (C=O) groups is 1. The number of likely N-dealkylation sites (tertiary alicyclic amines) is 1. The molecule has 80 valence electrons. The summed E-state index contributed by atoms with van der Waals surface area (Å²) in [6, 6.07) is 0. The molecule has 14 heavy (non-hydrogen) atoms. The molecular formula is C10H17NO3. The van der Waals surface area contributed by atoms with Gasteiger partial charge in [0, 0.05) is 13.1 Å². The van der Waals surface area contributed by atoms with Crippen molar-refractivity contribution in [2.24, 2.45) is 5.41 Å². The average molecular weight is 199 g/mol. The summed E-state index contributed by atoms with van der Waals surface area (Å²) in [5, 5.41) is 19.5. The standard InChI is InChI=1S/C10H17NO3/c1-11-6-4-10(14,5-7-11)9(2-3-9)8(12)13/h14H,2-7H2,1H3,(H,12,13). The minimum absolute atomic E-state index is 0.593. The Labute approximate surface area is 83.5 Å². The first-order valence-electron chi connectivity index (χ1n) is 5.15. The first-order chi connectivity index (χ1) is 6.50. The number of nitrogens with zero attached hydrogens (tertiary/aromatic N) is 1. The van der Waals surface area contributed by atoms with Gasteiger partial charge in [0.15, 0.2) is 0 Å². The summed E-state index contributed by atoms with van der Waals surface area (Å²) in [5.41, 5.74) is -1.76. The Balaban J connectivity index is 2.13. The molecule has 1 aliphatic heterocycles. The van der Waals surface area contributed by atoms with Gasteiger partial charge >= 0.3 is 5.97 Å². The van der Waals surface area contributed by atoms with Crippen LogP contribution in [-0.4, -0.2) is 46.8 Å². The Hall–Kier alpha value is -0.610. The molecule has 2 aliphatic rings. The van der Waals surface area contributed by atoms with Crippen LogP contribution in [0.2, 0.25) is 0 Å². The maximum absolute atomic E-state index is 11.1. The number of rotatable bonds is 2. The van der Waals surface area contributed by atoms with Gasteiger partial charge in [-0.1, -0.05) is 0 Å². The zero-order chi connectivity index (χ0) is 10.4. The van der Waals surface area contributed by atoms with Crippen LogP contribution in [0.4, 0.5) is 0 Å². The number of hydrogen-bond acceptors (Lipinski definition) is 3. The first-order valence-corrected chi connectivity index (χ1v) is 5.15. The topological polar surface area (TPSA) is 60.8 Å². The lowest BCUT2D eigenvalue weighted by atomic mass is 9.77. The third-order valence-electron chi connectivity index (χ3n) is 3.86. The predicted molar refractivity (Wildman–Crippen MR) is 51.0 cm³/mol. The fourth-order valence-corrected chi connectivity index (χ4v) is 2.47. The van der Waals surface area contributed by atoms with Crippen molar-refractivity contribution in [1.29, 1.82) is 0 Å². The van der Waals surface area contributed by atoms with E-state index in [2.05, 4.69) is 4.90 Å². The molecule has 0 aromatic heterocycles. The molecule has 4 nitrogen and oxygen atoms in total. The van der Waals surface area contributed by atoms with E-state index in [4.69, 9.17) is 5.11 Å². The van der Waals surface area contributed by atoms with Crippen molar-refractivity contribution in [1.82, 2.24) is 4.90 Å². The van der Waals surface area contributed by atoms with E-state index in [-0.39, 0.29) is 0 Å². The smallest absolute Gasteiger partial charge is 0.312 e. The van der Waals surface area contributed by atoms with Crippen molar-refractivity contribution in [2.45, 2.75) is 31.3 Å². The van der Waals surface area contributed by atoms with Crippen LogP contribution >= 0.6 is 0 Å². The Morgan fingerprint density at radius 1 is 1.21 bits per heavy atom. The molecule has 0 atom stereocenters. The van der Waals surface area contributed by atoms with Gasteiger partial charge in [0.25, 0.3) is 0 Å². The lowest BCUT2D eigenvalue weighted by molar-refractivity contribution is -0.160. The summed E-state index contributed by atoms with van der Waals surface area (Å²) in [4.78, 5) is 13.2. The normalized spacial score (nSPS) is 29.9. The number of aliphatic hydroxyl groups is 1. The molecule has 1 saturated carbocycles. The van der Waals surface area contributed by atoms with Crippen molar-refractivity contribution in [3.8, 4) is 0 Å². The largest absolute Gasteiger partial charge is 0.481 e. The molecule has 0 spiro atoms. The average Bonchev–Trinajstić information content (AvgIpc) is 2.91. The highest BCUT2D eigenvalue weighted by Crippen LogP contribution is 2.57. The van der Waals surface area contributed by atoms with Crippen molar-refractivity contribution < 1.29 is 15.0 Å². The van der Waals surface area contributed by atoms with Crippen LogP contribution in [-0.2, 0) is 4.79 Å². The third kappa shape index (κ3) is 1.25. The zero-order valence-corrected chi connectivity index (χ0v) is 8.49. The van der Waals surface area contributed by atoms with Gasteiger partial charge in [0.05, 0.1) is 11.0 Å². The van der Waals surface area contributed by atoms with E-state index in [1.807, 2.05) is 7.05 Å². The van der Waals surface area contributed by atoms with E-state index in [1.165, 1.54) is 0 Å². The quantitative estimate of drug-likeness (QED) is 0.672. The monoisotopic (exact) mass is 199 g/mol. The molecule has 1 aliphatic carbocycles. The SMILES string of the molecule is CN1CCC(O)(C2(C(=O)O)CC2)CC1. The highest BCUT2D eigenvalue weighted by molar-refractivity contribution is 5.79. The summed E-state index contributed by atoms with van der Waals surface area (Å²) >= 11 is 0. The van der Waals surface area contributed by atoms with Crippen molar-refractivity contribution in [3.05, 3.63) is 0 Å². The van der Waals surface area contributed by atoms with Crippen molar-refractivity contribution in [3.63, 3.8) is 0 Å². The van der Waals surface area contributed by atoms with Gasteiger partial charge in [-0.3, -0.25) is 4.79 Å². The van der Waals surface area contributed by atoms with Gasteiger partial charge in [-0.25, -0.2) is 0 Å². The number of hydrogen-bond donors (Lipinski definition) is 2. The maximum Gasteiger partial charge on any atom is 0.312 e. The summed E-state index contributed by atoms with van der Waals surface area (Å²) in [7, 11) is 2.00. The van der Waals surface area contributed by atoms with E-state index < -0.39 is 17.0 Å². The minimum Gasteiger partial charge on any atom is -0.481 e. The maximum atomic E-state index is 11.1. The molecule has 2 fully saturated rings. The van der Waals surface area contributed by atoms with E-state index in [9.17, 15) is 9.90 Å². The predicted octanol–water partition coefficient (Wildman–Crippen LogP) is 0.308. The molecule has 0 amide bonds. The second kappa shape index (κ2) is 2.94. The molecule has 2 N–H and O–H groups in total. The summed E-state index contributed by atoms with van der Waals surface area (Å²) < 4.78 is 0. The number of piperidine rings is 1. The number of carboxylic acids is 1. The van der Waals surface area contributed by atoms with E-state index >= 15 is 0 Å². The van der Waals surface area contributed by atoms with Crippen molar-refractivity contribution in [2.75, 3.05) is 20.1 Å². The third-order valence-corrected chi connectivity index (χ3v) is 3.86. The highest BCUT2D eigenvalue weighted by atomic mass is 16.4.